The summed E-state index contributed by atoms with van der Waals surface area (Å²) < 4.78 is 0. The molecule has 7 heterocycles. The van der Waals surface area contributed by atoms with Crippen molar-refractivity contribution in [2.24, 2.45) is 0 Å². The van der Waals surface area contributed by atoms with Gasteiger partial charge in [-0.2, -0.15) is 0 Å². The van der Waals surface area contributed by atoms with Gasteiger partial charge in [-0.1, -0.05) is 80.1 Å². The van der Waals surface area contributed by atoms with Gasteiger partial charge in [-0.15, -0.1) is 0 Å². The molecule has 7 aromatic heterocycles. The van der Waals surface area contributed by atoms with Gasteiger partial charge >= 0.3 is 0 Å². The summed E-state index contributed by atoms with van der Waals surface area (Å²) in [6.45, 7) is 13.1. The zero-order valence-corrected chi connectivity index (χ0v) is 39.8. The molecule has 0 aliphatic heterocycles. The lowest BCUT2D eigenvalue weighted by Gasteiger charge is -2.13. The van der Waals surface area contributed by atoms with Gasteiger partial charge in [-0.3, -0.25) is 0 Å². The quantitative estimate of drug-likeness (QED) is 0.0559. The minimum Gasteiger partial charge on any atom is -0.249 e. The number of hydrogen-bond acceptors (Lipinski definition) is 14. The molecule has 7 rings (SSSR count). The van der Waals surface area contributed by atoms with E-state index in [1.54, 1.807) is 12.4 Å². The van der Waals surface area contributed by atoms with Crippen LogP contribution in [-0.2, 0) is 38.5 Å². The number of rotatable bonds is 24. The highest BCUT2D eigenvalue weighted by molar-refractivity contribution is 5.66. The minimum absolute atomic E-state index is 0.487. The Labute approximate surface area is 390 Å². The predicted molar refractivity (Wildman–Crippen MR) is 260 cm³/mol. The molecule has 342 valence electrons. The first-order valence-electron chi connectivity index (χ1n) is 24.4. The Morgan fingerprint density at radius 1 is 0.288 bits per heavy atom. The number of unbranched alkanes of at least 4 members (excludes halogenated alkanes) is 6. The Morgan fingerprint density at radius 2 is 0.576 bits per heavy atom. The lowest BCUT2D eigenvalue weighted by molar-refractivity contribution is 0.765. The molecule has 66 heavy (non-hydrogen) atoms. The molecule has 0 radical (unpaired) electrons. The summed E-state index contributed by atoms with van der Waals surface area (Å²) in [6.07, 6.45) is 31.8. The van der Waals surface area contributed by atoms with E-state index in [4.69, 9.17) is 59.8 Å². The number of aryl methyl sites for hydroxylation is 6. The average molecular weight is 885 g/mol. The Hall–Kier alpha value is -6.44. The highest BCUT2D eigenvalue weighted by Gasteiger charge is 2.21. The van der Waals surface area contributed by atoms with Gasteiger partial charge < -0.3 is 0 Å². The lowest BCUT2D eigenvalue weighted by atomic mass is 10.1. The van der Waals surface area contributed by atoms with E-state index in [0.717, 1.165) is 172 Å². The molecule has 0 aliphatic rings. The van der Waals surface area contributed by atoms with E-state index >= 15 is 0 Å². The van der Waals surface area contributed by atoms with E-state index in [1.165, 1.54) is 0 Å². The van der Waals surface area contributed by atoms with Crippen LogP contribution in [0.5, 0.6) is 0 Å². The van der Waals surface area contributed by atoms with Crippen molar-refractivity contribution < 1.29 is 0 Å². The van der Waals surface area contributed by atoms with Crippen LogP contribution in [-0.4, -0.2) is 69.8 Å². The van der Waals surface area contributed by atoms with E-state index in [9.17, 15) is 0 Å². The van der Waals surface area contributed by atoms with Gasteiger partial charge in [0.2, 0.25) is 0 Å². The van der Waals surface area contributed by atoms with Crippen LogP contribution < -0.4 is 0 Å². The maximum absolute atomic E-state index is 5.13. The molecule has 7 aromatic rings. The summed E-state index contributed by atoms with van der Waals surface area (Å²) in [5.74, 6) is 3.52. The fourth-order valence-corrected chi connectivity index (χ4v) is 7.67. The van der Waals surface area contributed by atoms with Crippen molar-refractivity contribution in [3.63, 3.8) is 0 Å². The normalized spacial score (nSPS) is 11.4. The van der Waals surface area contributed by atoms with Gasteiger partial charge in [0.15, 0.2) is 34.9 Å². The molecule has 14 heteroatoms. The van der Waals surface area contributed by atoms with Gasteiger partial charge in [0.25, 0.3) is 0 Å². The molecular formula is C52H64N14. The molecule has 0 saturated carbocycles. The maximum Gasteiger partial charge on any atom is 0.180 e. The lowest BCUT2D eigenvalue weighted by Crippen LogP contribution is -2.07. The Kier molecular flexibility index (Phi) is 17.4. The van der Waals surface area contributed by atoms with E-state index in [2.05, 4.69) is 51.5 Å². The summed E-state index contributed by atoms with van der Waals surface area (Å²) in [5, 5.41) is 0. The zero-order valence-electron chi connectivity index (χ0n) is 39.8. The third-order valence-corrected chi connectivity index (χ3v) is 11.6. The second-order valence-electron chi connectivity index (χ2n) is 16.9. The first kappa shape index (κ1) is 47.5. The van der Waals surface area contributed by atoms with Crippen molar-refractivity contribution in [3.8, 4) is 68.6 Å². The van der Waals surface area contributed by atoms with E-state index in [-0.39, 0.29) is 0 Å². The number of nitrogens with zero attached hydrogens (tertiary/aromatic N) is 14. The Morgan fingerprint density at radius 3 is 0.894 bits per heavy atom. The van der Waals surface area contributed by atoms with Gasteiger partial charge in [0.1, 0.15) is 11.4 Å². The highest BCUT2D eigenvalue weighted by Crippen LogP contribution is 2.30. The first-order chi connectivity index (χ1) is 32.5. The molecule has 0 saturated heterocycles. The standard InChI is InChI=1S/C52H64N14/c1-7-13-19-35-25-27-53-47(61-35)37-29-57-49(63-41(37)21-15-9-3)39-31-59-51(65-43(39)23-17-11-5)45-33-56-46(34-55-45)52-60-32-40(44(66-52)24-18-12-6)50-58-30-38(42(64-50)22-16-10-4)48-54-28-26-36(62-48)20-14-8-2/h25-34H,7-24H2,1-6H3. The summed E-state index contributed by atoms with van der Waals surface area (Å²) in [6, 6.07) is 4.00. The summed E-state index contributed by atoms with van der Waals surface area (Å²) in [7, 11) is 0. The molecule has 0 unspecified atom stereocenters. The van der Waals surface area contributed by atoms with Gasteiger partial charge in [0.05, 0.1) is 57.4 Å². The molecule has 0 spiro atoms. The molecule has 0 fully saturated rings. The van der Waals surface area contributed by atoms with Crippen molar-refractivity contribution in [1.82, 2.24) is 69.8 Å². The number of hydrogen-bond donors (Lipinski definition) is 0. The minimum atomic E-state index is 0.487. The second-order valence-corrected chi connectivity index (χ2v) is 16.9. The molecule has 14 nitrogen and oxygen atoms in total. The SMILES string of the molecule is CCCCc1ccnc(-c2cnc(-c3cnc(-c4cnc(-c5ncc(-c6ncc(-c7nccc(CCCC)n7)c(CCCC)n6)c(CCCC)n5)cn4)nc3CCCC)nc2CCCC)n1. The van der Waals surface area contributed by atoms with Crippen LogP contribution in [0.25, 0.3) is 68.6 Å². The monoisotopic (exact) mass is 885 g/mol. The smallest absolute Gasteiger partial charge is 0.180 e. The van der Waals surface area contributed by atoms with Crippen LogP contribution >= 0.6 is 0 Å². The van der Waals surface area contributed by atoms with Gasteiger partial charge in [0, 0.05) is 48.6 Å². The molecule has 0 aromatic carbocycles. The fraction of sp³-hybridized carbons (Fsp3) is 0.462. The van der Waals surface area contributed by atoms with Crippen LogP contribution in [0.4, 0.5) is 0 Å². The van der Waals surface area contributed by atoms with Crippen LogP contribution in [0.3, 0.4) is 0 Å². The molecule has 0 amide bonds. The fourth-order valence-electron chi connectivity index (χ4n) is 7.67. The third kappa shape index (κ3) is 12.1. The zero-order chi connectivity index (χ0) is 46.1. The first-order valence-corrected chi connectivity index (χ1v) is 24.4. The van der Waals surface area contributed by atoms with Crippen LogP contribution in [0.2, 0.25) is 0 Å². The van der Waals surface area contributed by atoms with Crippen LogP contribution in [0, 0.1) is 0 Å². The van der Waals surface area contributed by atoms with Crippen molar-refractivity contribution in [3.05, 3.63) is 95.9 Å². The van der Waals surface area contributed by atoms with Crippen molar-refractivity contribution in [2.45, 2.75) is 157 Å². The third-order valence-electron chi connectivity index (χ3n) is 11.6. The van der Waals surface area contributed by atoms with Gasteiger partial charge in [-0.05, 0) is 89.2 Å². The second kappa shape index (κ2) is 24.2. The Bertz CT molecular complexity index is 2470. The predicted octanol–water partition coefficient (Wildman–Crippen LogP) is 11.3. The Balaban J connectivity index is 1.17. The summed E-state index contributed by atoms with van der Waals surface area (Å²) >= 11 is 0. The van der Waals surface area contributed by atoms with Crippen molar-refractivity contribution >= 4 is 0 Å². The maximum atomic E-state index is 5.13. The highest BCUT2D eigenvalue weighted by atomic mass is 15.0. The van der Waals surface area contributed by atoms with E-state index < -0.39 is 0 Å². The molecule has 0 atom stereocenters. The van der Waals surface area contributed by atoms with Crippen molar-refractivity contribution in [2.75, 3.05) is 0 Å². The van der Waals surface area contributed by atoms with Crippen LogP contribution in [0.15, 0.2) is 61.7 Å². The molecule has 0 N–H and O–H groups in total. The number of aromatic nitrogens is 14. The average Bonchev–Trinajstić information content (AvgIpc) is 3.37. The largest absolute Gasteiger partial charge is 0.249 e. The van der Waals surface area contributed by atoms with Crippen LogP contribution in [0.1, 0.15) is 153 Å². The van der Waals surface area contributed by atoms with E-state index in [0.29, 0.717) is 46.3 Å². The van der Waals surface area contributed by atoms with Gasteiger partial charge in [-0.25, -0.2) is 69.8 Å². The van der Waals surface area contributed by atoms with Crippen molar-refractivity contribution in [1.29, 1.82) is 0 Å². The molecule has 0 aliphatic carbocycles. The molecule has 0 bridgehead atoms. The topological polar surface area (TPSA) is 180 Å². The molecular weight excluding hydrogens is 821 g/mol. The van der Waals surface area contributed by atoms with E-state index in [1.807, 2.05) is 49.3 Å². The summed E-state index contributed by atoms with van der Waals surface area (Å²) in [5.41, 5.74) is 10.2. The summed E-state index contributed by atoms with van der Waals surface area (Å²) in [4.78, 5) is 68.4.